The van der Waals surface area contributed by atoms with Crippen molar-refractivity contribution < 1.29 is 19.4 Å². The van der Waals surface area contributed by atoms with Crippen LogP contribution in [0.15, 0.2) is 24.3 Å². The SMILES string of the molecule is NC(=O)[C@H](O)C1CCN(C[C@@H](O)c2ccccc2F)CC1. The molecule has 21 heavy (non-hydrogen) atoms. The fourth-order valence-corrected chi connectivity index (χ4v) is 2.77. The van der Waals surface area contributed by atoms with Crippen LogP contribution in [0.2, 0.25) is 0 Å². The highest BCUT2D eigenvalue weighted by Crippen LogP contribution is 2.24. The molecule has 0 spiro atoms. The van der Waals surface area contributed by atoms with Gasteiger partial charge in [0.05, 0.1) is 6.10 Å². The lowest BCUT2D eigenvalue weighted by atomic mass is 9.90. The molecule has 116 valence electrons. The summed E-state index contributed by atoms with van der Waals surface area (Å²) >= 11 is 0. The largest absolute Gasteiger partial charge is 0.387 e. The van der Waals surface area contributed by atoms with Gasteiger partial charge in [0.1, 0.15) is 11.9 Å². The molecule has 4 N–H and O–H groups in total. The Morgan fingerprint density at radius 3 is 2.52 bits per heavy atom. The van der Waals surface area contributed by atoms with Crippen molar-refractivity contribution in [2.75, 3.05) is 19.6 Å². The van der Waals surface area contributed by atoms with Crippen LogP contribution >= 0.6 is 0 Å². The number of hydrogen-bond donors (Lipinski definition) is 3. The lowest BCUT2D eigenvalue weighted by Crippen LogP contribution is -2.43. The van der Waals surface area contributed by atoms with Gasteiger partial charge in [-0.2, -0.15) is 0 Å². The standard InChI is InChI=1S/C15H21FN2O3/c16-12-4-2-1-3-11(12)13(19)9-18-7-5-10(6-8-18)14(20)15(17)21/h1-4,10,13-14,19-20H,5-9H2,(H2,17,21)/t13-,14-/m1/s1. The van der Waals surface area contributed by atoms with Crippen LogP contribution in [0.5, 0.6) is 0 Å². The van der Waals surface area contributed by atoms with Gasteiger partial charge >= 0.3 is 0 Å². The van der Waals surface area contributed by atoms with E-state index in [0.29, 0.717) is 32.5 Å². The van der Waals surface area contributed by atoms with Gasteiger partial charge in [0, 0.05) is 12.1 Å². The van der Waals surface area contributed by atoms with E-state index in [1.165, 1.54) is 6.07 Å². The molecule has 1 heterocycles. The molecule has 0 aromatic heterocycles. The smallest absolute Gasteiger partial charge is 0.246 e. The van der Waals surface area contributed by atoms with Crippen molar-refractivity contribution in [1.29, 1.82) is 0 Å². The van der Waals surface area contributed by atoms with Gasteiger partial charge in [0.2, 0.25) is 5.91 Å². The molecule has 0 aliphatic carbocycles. The third-order valence-electron chi connectivity index (χ3n) is 4.07. The number of carbonyl (C=O) groups is 1. The molecule has 1 aliphatic heterocycles. The third kappa shape index (κ3) is 4.00. The summed E-state index contributed by atoms with van der Waals surface area (Å²) in [5.74, 6) is -1.24. The molecule has 1 amide bonds. The van der Waals surface area contributed by atoms with Crippen LogP contribution in [-0.2, 0) is 4.79 Å². The van der Waals surface area contributed by atoms with Crippen molar-refractivity contribution in [2.45, 2.75) is 25.0 Å². The van der Waals surface area contributed by atoms with Gasteiger partial charge in [-0.1, -0.05) is 18.2 Å². The summed E-state index contributed by atoms with van der Waals surface area (Å²) in [7, 11) is 0. The van der Waals surface area contributed by atoms with Gasteiger partial charge in [-0.15, -0.1) is 0 Å². The van der Waals surface area contributed by atoms with Gasteiger partial charge in [-0.3, -0.25) is 4.79 Å². The number of nitrogens with two attached hydrogens (primary N) is 1. The summed E-state index contributed by atoms with van der Waals surface area (Å²) in [5, 5.41) is 19.8. The molecule has 1 aliphatic rings. The first-order chi connectivity index (χ1) is 9.99. The van der Waals surface area contributed by atoms with E-state index in [9.17, 15) is 19.4 Å². The predicted molar refractivity (Wildman–Crippen MR) is 75.7 cm³/mol. The first kappa shape index (κ1) is 15.9. The molecule has 0 radical (unpaired) electrons. The second-order valence-electron chi connectivity index (χ2n) is 5.52. The van der Waals surface area contributed by atoms with Gasteiger partial charge in [0.25, 0.3) is 0 Å². The van der Waals surface area contributed by atoms with Crippen LogP contribution in [0.25, 0.3) is 0 Å². The number of likely N-dealkylation sites (tertiary alicyclic amines) is 1. The molecule has 2 atom stereocenters. The Morgan fingerprint density at radius 1 is 1.33 bits per heavy atom. The van der Waals surface area contributed by atoms with Crippen molar-refractivity contribution in [2.24, 2.45) is 11.7 Å². The number of β-amino-alcohol motifs (C(OH)–C–C–N with tert-alkyl or cyclic N) is 1. The number of nitrogens with zero attached hydrogens (tertiary/aromatic N) is 1. The fourth-order valence-electron chi connectivity index (χ4n) is 2.77. The van der Waals surface area contributed by atoms with Crippen LogP contribution in [0.3, 0.4) is 0 Å². The third-order valence-corrected chi connectivity index (χ3v) is 4.07. The molecule has 5 nitrogen and oxygen atoms in total. The Kier molecular flexibility index (Phi) is 5.27. The average molecular weight is 296 g/mol. The van der Waals surface area contributed by atoms with E-state index in [0.717, 1.165) is 0 Å². The monoisotopic (exact) mass is 296 g/mol. The zero-order chi connectivity index (χ0) is 15.4. The minimum Gasteiger partial charge on any atom is -0.387 e. The van der Waals surface area contributed by atoms with Crippen molar-refractivity contribution >= 4 is 5.91 Å². The van der Waals surface area contributed by atoms with Crippen LogP contribution in [0.4, 0.5) is 4.39 Å². The van der Waals surface area contributed by atoms with Gasteiger partial charge in [-0.05, 0) is 37.9 Å². The fraction of sp³-hybridized carbons (Fsp3) is 0.533. The number of aliphatic hydroxyl groups is 2. The van der Waals surface area contributed by atoms with E-state index in [1.54, 1.807) is 18.2 Å². The Labute approximate surface area is 123 Å². The van der Waals surface area contributed by atoms with E-state index in [-0.39, 0.29) is 11.5 Å². The Morgan fingerprint density at radius 2 is 1.95 bits per heavy atom. The van der Waals surface area contributed by atoms with Gasteiger partial charge in [-0.25, -0.2) is 4.39 Å². The molecular weight excluding hydrogens is 275 g/mol. The first-order valence-electron chi connectivity index (χ1n) is 7.11. The highest BCUT2D eigenvalue weighted by Gasteiger charge is 2.29. The number of amides is 1. The quantitative estimate of drug-likeness (QED) is 0.735. The molecule has 1 saturated heterocycles. The highest BCUT2D eigenvalue weighted by molar-refractivity contribution is 5.78. The number of aliphatic hydroxyl groups excluding tert-OH is 2. The maximum Gasteiger partial charge on any atom is 0.246 e. The second-order valence-corrected chi connectivity index (χ2v) is 5.52. The summed E-state index contributed by atoms with van der Waals surface area (Å²) in [5.41, 5.74) is 5.38. The normalized spacial score (nSPS) is 20.1. The summed E-state index contributed by atoms with van der Waals surface area (Å²) in [4.78, 5) is 13.0. The van der Waals surface area contributed by atoms with E-state index in [4.69, 9.17) is 5.73 Å². The van der Waals surface area contributed by atoms with Gasteiger partial charge in [0.15, 0.2) is 0 Å². The van der Waals surface area contributed by atoms with Crippen LogP contribution in [0.1, 0.15) is 24.5 Å². The number of carbonyl (C=O) groups excluding carboxylic acids is 1. The first-order valence-corrected chi connectivity index (χ1v) is 7.11. The maximum atomic E-state index is 13.6. The molecule has 1 aromatic carbocycles. The molecular formula is C15H21FN2O3. The minimum atomic E-state index is -1.11. The predicted octanol–water partition coefficient (Wildman–Crippen LogP) is 0.417. The number of hydrogen-bond acceptors (Lipinski definition) is 4. The summed E-state index contributed by atoms with van der Waals surface area (Å²) in [6.07, 6.45) is -0.727. The van der Waals surface area contributed by atoms with Crippen molar-refractivity contribution in [1.82, 2.24) is 4.90 Å². The molecule has 0 bridgehead atoms. The molecule has 2 rings (SSSR count). The van der Waals surface area contributed by atoms with E-state index in [2.05, 4.69) is 0 Å². The Bertz CT molecular complexity index is 490. The molecule has 6 heteroatoms. The van der Waals surface area contributed by atoms with Crippen LogP contribution < -0.4 is 5.73 Å². The number of rotatable bonds is 5. The number of benzene rings is 1. The van der Waals surface area contributed by atoms with E-state index >= 15 is 0 Å². The minimum absolute atomic E-state index is 0.135. The summed E-state index contributed by atoms with van der Waals surface area (Å²) in [6.45, 7) is 1.61. The number of piperidine rings is 1. The molecule has 0 unspecified atom stereocenters. The lowest BCUT2D eigenvalue weighted by molar-refractivity contribution is -0.129. The lowest BCUT2D eigenvalue weighted by Gasteiger charge is -2.34. The zero-order valence-electron chi connectivity index (χ0n) is 11.8. The molecule has 1 fully saturated rings. The topological polar surface area (TPSA) is 86.8 Å². The zero-order valence-corrected chi connectivity index (χ0v) is 11.8. The summed E-state index contributed by atoms with van der Waals surface area (Å²) in [6, 6.07) is 6.18. The maximum absolute atomic E-state index is 13.6. The number of primary amides is 1. The highest BCUT2D eigenvalue weighted by atomic mass is 19.1. The van der Waals surface area contributed by atoms with Gasteiger partial charge < -0.3 is 20.8 Å². The summed E-state index contributed by atoms with van der Waals surface area (Å²) < 4.78 is 13.6. The van der Waals surface area contributed by atoms with Crippen LogP contribution in [-0.4, -0.2) is 46.8 Å². The average Bonchev–Trinajstić information content (AvgIpc) is 2.47. The van der Waals surface area contributed by atoms with Crippen molar-refractivity contribution in [3.05, 3.63) is 35.6 Å². The van der Waals surface area contributed by atoms with Crippen LogP contribution in [0, 0.1) is 11.7 Å². The van der Waals surface area contributed by atoms with Crippen molar-refractivity contribution in [3.8, 4) is 0 Å². The van der Waals surface area contributed by atoms with Crippen molar-refractivity contribution in [3.63, 3.8) is 0 Å². The second kappa shape index (κ2) is 6.98. The Balaban J connectivity index is 1.86. The molecule has 1 aromatic rings. The van der Waals surface area contributed by atoms with E-state index < -0.39 is 23.9 Å². The number of halogens is 1. The molecule has 0 saturated carbocycles. The van der Waals surface area contributed by atoms with E-state index in [1.807, 2.05) is 4.90 Å². The Hall–Kier alpha value is -1.50.